The maximum atomic E-state index is 11.0. The van der Waals surface area contributed by atoms with Crippen molar-refractivity contribution >= 4 is 12.2 Å². The van der Waals surface area contributed by atoms with Crippen molar-refractivity contribution in [3.8, 4) is 0 Å². The summed E-state index contributed by atoms with van der Waals surface area (Å²) in [5.41, 5.74) is 2.39. The topological polar surface area (TPSA) is 50.7 Å². The zero-order valence-electron chi connectivity index (χ0n) is 11.7. The van der Waals surface area contributed by atoms with Gasteiger partial charge in [-0.2, -0.15) is 0 Å². The van der Waals surface area contributed by atoms with Gasteiger partial charge in [0.2, 0.25) is 0 Å². The fourth-order valence-corrected chi connectivity index (χ4v) is 1.68. The molecule has 104 valence electrons. The first kappa shape index (κ1) is 15.4. The summed E-state index contributed by atoms with van der Waals surface area (Å²) in [6, 6.07) is 0. The first-order valence-corrected chi connectivity index (χ1v) is 6.54. The number of dihydropyridines is 1. The van der Waals surface area contributed by atoms with E-state index < -0.39 is 0 Å². The van der Waals surface area contributed by atoms with Crippen molar-refractivity contribution in [3.05, 3.63) is 35.5 Å². The Bertz CT molecular complexity index is 406. The smallest absolute Gasteiger partial charge is 0.309 e. The van der Waals surface area contributed by atoms with Crippen molar-refractivity contribution in [1.82, 2.24) is 5.32 Å². The number of nitrogens with zero attached hydrogens (tertiary/aromatic N) is 1. The van der Waals surface area contributed by atoms with E-state index in [4.69, 9.17) is 0 Å². The third-order valence-corrected chi connectivity index (χ3v) is 2.79. The number of nitrogens with one attached hydrogen (secondary N) is 1. The minimum atomic E-state index is -0.219. The summed E-state index contributed by atoms with van der Waals surface area (Å²) in [6.07, 6.45) is 11.3. The van der Waals surface area contributed by atoms with Crippen molar-refractivity contribution in [2.75, 3.05) is 26.7 Å². The number of aliphatic imine (C=N–C) groups is 1. The van der Waals surface area contributed by atoms with Crippen LogP contribution in [0.1, 0.15) is 19.8 Å². The number of ether oxygens (including phenoxy) is 1. The van der Waals surface area contributed by atoms with Gasteiger partial charge in [-0.1, -0.05) is 24.3 Å². The predicted octanol–water partition coefficient (Wildman–Crippen LogP) is 2.04. The highest BCUT2D eigenvalue weighted by Crippen LogP contribution is 2.01. The maximum Gasteiger partial charge on any atom is 0.309 e. The van der Waals surface area contributed by atoms with Gasteiger partial charge in [-0.3, -0.25) is 9.79 Å². The van der Waals surface area contributed by atoms with Crippen LogP contribution in [0.5, 0.6) is 0 Å². The summed E-state index contributed by atoms with van der Waals surface area (Å²) in [5.74, 6) is -0.219. The van der Waals surface area contributed by atoms with E-state index in [2.05, 4.69) is 21.1 Å². The Labute approximate surface area is 114 Å². The molecule has 0 amide bonds. The average Bonchev–Trinajstić information content (AvgIpc) is 2.46. The Hall–Kier alpha value is -1.68. The van der Waals surface area contributed by atoms with Crippen molar-refractivity contribution in [2.45, 2.75) is 19.8 Å². The van der Waals surface area contributed by atoms with Gasteiger partial charge in [0, 0.05) is 25.8 Å². The molecule has 0 atom stereocenters. The second kappa shape index (κ2) is 9.28. The highest BCUT2D eigenvalue weighted by atomic mass is 16.5. The molecule has 1 aliphatic rings. The first-order chi connectivity index (χ1) is 9.26. The molecule has 0 saturated heterocycles. The molecule has 19 heavy (non-hydrogen) atoms. The molecular weight excluding hydrogens is 240 g/mol. The van der Waals surface area contributed by atoms with Crippen LogP contribution < -0.4 is 5.32 Å². The molecule has 0 aromatic rings. The molecule has 0 bridgehead atoms. The number of carbonyl (C=O) groups excluding carboxylic acids is 1. The van der Waals surface area contributed by atoms with Gasteiger partial charge in [0.1, 0.15) is 0 Å². The molecule has 0 fully saturated rings. The van der Waals surface area contributed by atoms with Gasteiger partial charge >= 0.3 is 5.97 Å². The molecule has 0 aliphatic carbocycles. The molecule has 0 radical (unpaired) electrons. The maximum absolute atomic E-state index is 11.0. The minimum absolute atomic E-state index is 0.219. The number of methoxy groups -OCH3 is 1. The lowest BCUT2D eigenvalue weighted by atomic mass is 10.1. The molecule has 0 saturated carbocycles. The minimum Gasteiger partial charge on any atom is -0.469 e. The van der Waals surface area contributed by atoms with Crippen LogP contribution in [0, 0.1) is 0 Å². The van der Waals surface area contributed by atoms with Crippen molar-refractivity contribution in [3.63, 3.8) is 0 Å². The largest absolute Gasteiger partial charge is 0.469 e. The van der Waals surface area contributed by atoms with Crippen LogP contribution in [0.25, 0.3) is 0 Å². The molecule has 1 heterocycles. The number of hydrogen-bond acceptors (Lipinski definition) is 4. The average molecular weight is 262 g/mol. The zero-order chi connectivity index (χ0) is 13.9. The molecule has 4 nitrogen and oxygen atoms in total. The molecule has 0 spiro atoms. The van der Waals surface area contributed by atoms with Crippen LogP contribution in [-0.4, -0.2) is 38.9 Å². The lowest BCUT2D eigenvalue weighted by Crippen LogP contribution is -2.20. The van der Waals surface area contributed by atoms with E-state index in [-0.39, 0.29) is 5.97 Å². The number of rotatable bonds is 7. The van der Waals surface area contributed by atoms with Crippen LogP contribution >= 0.6 is 0 Å². The predicted molar refractivity (Wildman–Crippen MR) is 78.5 cm³/mol. The quantitative estimate of drug-likeness (QED) is 0.564. The SMILES string of the molecule is C/C=C(\C=C/CC(=O)OC)CNCC1=CCCN=C1. The zero-order valence-corrected chi connectivity index (χ0v) is 11.7. The Morgan fingerprint density at radius 1 is 1.58 bits per heavy atom. The van der Waals surface area contributed by atoms with E-state index in [9.17, 15) is 4.79 Å². The summed E-state index contributed by atoms with van der Waals surface area (Å²) >= 11 is 0. The van der Waals surface area contributed by atoms with Crippen LogP contribution in [0.3, 0.4) is 0 Å². The van der Waals surface area contributed by atoms with Crippen LogP contribution in [0.4, 0.5) is 0 Å². The molecule has 4 heteroatoms. The molecule has 0 aromatic heterocycles. The molecule has 1 aliphatic heterocycles. The fourth-order valence-electron chi connectivity index (χ4n) is 1.68. The Morgan fingerprint density at radius 2 is 2.42 bits per heavy atom. The number of hydrogen-bond donors (Lipinski definition) is 1. The van der Waals surface area contributed by atoms with E-state index in [0.29, 0.717) is 6.42 Å². The summed E-state index contributed by atoms with van der Waals surface area (Å²) in [5, 5.41) is 3.36. The van der Waals surface area contributed by atoms with Gasteiger partial charge in [0.05, 0.1) is 13.5 Å². The lowest BCUT2D eigenvalue weighted by molar-refractivity contribution is -0.139. The molecule has 1 rings (SSSR count). The Kier molecular flexibility index (Phi) is 7.51. The Morgan fingerprint density at radius 3 is 3.05 bits per heavy atom. The van der Waals surface area contributed by atoms with Crippen molar-refractivity contribution < 1.29 is 9.53 Å². The first-order valence-electron chi connectivity index (χ1n) is 6.54. The number of esters is 1. The monoisotopic (exact) mass is 262 g/mol. The summed E-state index contributed by atoms with van der Waals surface area (Å²) in [6.45, 7) is 4.49. The van der Waals surface area contributed by atoms with Gasteiger partial charge in [0.15, 0.2) is 0 Å². The van der Waals surface area contributed by atoms with Gasteiger partial charge in [-0.25, -0.2) is 0 Å². The van der Waals surface area contributed by atoms with E-state index >= 15 is 0 Å². The number of allylic oxidation sites excluding steroid dienone is 1. The fraction of sp³-hybridized carbons (Fsp3) is 0.467. The lowest BCUT2D eigenvalue weighted by Gasteiger charge is -2.08. The third-order valence-electron chi connectivity index (χ3n) is 2.79. The summed E-state index contributed by atoms with van der Waals surface area (Å²) in [7, 11) is 1.40. The van der Waals surface area contributed by atoms with Crippen molar-refractivity contribution in [1.29, 1.82) is 0 Å². The van der Waals surface area contributed by atoms with E-state index in [0.717, 1.165) is 31.6 Å². The molecule has 0 unspecified atom stereocenters. The summed E-state index contributed by atoms with van der Waals surface area (Å²) in [4.78, 5) is 15.2. The summed E-state index contributed by atoms with van der Waals surface area (Å²) < 4.78 is 4.58. The standard InChI is InChI=1S/C15H22N2O2/c1-3-13(6-4-8-15(18)19-2)10-17-12-14-7-5-9-16-11-14/h3-4,6-7,11,17H,5,8-10,12H2,1-2H3/b6-4-,13-3+. The van der Waals surface area contributed by atoms with Crippen LogP contribution in [0.15, 0.2) is 40.4 Å². The van der Waals surface area contributed by atoms with Gasteiger partial charge in [0.25, 0.3) is 0 Å². The van der Waals surface area contributed by atoms with Crippen molar-refractivity contribution in [2.24, 2.45) is 4.99 Å². The molecular formula is C15H22N2O2. The highest BCUT2D eigenvalue weighted by molar-refractivity contribution is 5.79. The Balaban J connectivity index is 2.27. The van der Waals surface area contributed by atoms with E-state index in [1.165, 1.54) is 12.7 Å². The third kappa shape index (κ3) is 6.72. The second-order valence-corrected chi connectivity index (χ2v) is 4.25. The molecule has 0 aromatic carbocycles. The van der Waals surface area contributed by atoms with Gasteiger partial charge < -0.3 is 10.1 Å². The second-order valence-electron chi connectivity index (χ2n) is 4.25. The number of carbonyl (C=O) groups is 1. The van der Waals surface area contributed by atoms with Crippen LogP contribution in [0.2, 0.25) is 0 Å². The normalized spacial score (nSPS) is 15.7. The van der Waals surface area contributed by atoms with E-state index in [1.54, 1.807) is 0 Å². The van der Waals surface area contributed by atoms with Gasteiger partial charge in [-0.15, -0.1) is 0 Å². The highest BCUT2D eigenvalue weighted by Gasteiger charge is 1.99. The van der Waals surface area contributed by atoms with E-state index in [1.807, 2.05) is 31.4 Å². The molecule has 1 N–H and O–H groups in total. The van der Waals surface area contributed by atoms with Gasteiger partial charge in [-0.05, 0) is 24.5 Å². The van der Waals surface area contributed by atoms with Crippen LogP contribution in [-0.2, 0) is 9.53 Å².